The van der Waals surface area contributed by atoms with Gasteiger partial charge in [0.1, 0.15) is 6.04 Å². The predicted octanol–water partition coefficient (Wildman–Crippen LogP) is 3.35. The third-order valence-electron chi connectivity index (χ3n) is 5.18. The standard InChI is InChI=1S/C25H20N4O4S/c1-29-20-14-18(8-9-21(20)33-25(29)32)17-6-4-16(5-7-17)13-19(15-26)28-23(30)10-11-27-24(31)22-3-2-12-34-22/h2-12,14,19H,13H2,1H3,(H,27,31)(H,28,30)/t19-/m0/s1. The van der Waals surface area contributed by atoms with Gasteiger partial charge in [0.25, 0.3) is 5.91 Å². The van der Waals surface area contributed by atoms with Gasteiger partial charge in [0.15, 0.2) is 5.58 Å². The number of nitriles is 1. The number of aryl methyl sites for hydroxylation is 1. The number of nitrogens with zero attached hydrogens (tertiary/aromatic N) is 2. The molecule has 0 bridgehead atoms. The molecule has 2 aromatic heterocycles. The fraction of sp³-hybridized carbons (Fsp3) is 0.120. The van der Waals surface area contributed by atoms with Crippen LogP contribution in [0.5, 0.6) is 0 Å². The summed E-state index contributed by atoms with van der Waals surface area (Å²) in [7, 11) is 1.66. The zero-order chi connectivity index (χ0) is 24.1. The van der Waals surface area contributed by atoms with Crippen molar-refractivity contribution in [2.75, 3.05) is 0 Å². The van der Waals surface area contributed by atoms with Gasteiger partial charge in [-0.15, -0.1) is 11.3 Å². The highest BCUT2D eigenvalue weighted by Crippen LogP contribution is 2.24. The van der Waals surface area contributed by atoms with Gasteiger partial charge in [-0.05, 0) is 40.3 Å². The molecule has 0 spiro atoms. The van der Waals surface area contributed by atoms with Crippen LogP contribution in [-0.4, -0.2) is 22.4 Å². The van der Waals surface area contributed by atoms with Crippen LogP contribution in [0, 0.1) is 11.3 Å². The van der Waals surface area contributed by atoms with E-state index in [0.717, 1.165) is 16.7 Å². The number of rotatable bonds is 7. The van der Waals surface area contributed by atoms with Crippen molar-refractivity contribution >= 4 is 34.3 Å². The number of carbonyl (C=O) groups excluding carboxylic acids is 2. The lowest BCUT2D eigenvalue weighted by Crippen LogP contribution is -2.34. The van der Waals surface area contributed by atoms with Gasteiger partial charge >= 0.3 is 5.76 Å². The van der Waals surface area contributed by atoms with Crippen LogP contribution in [0.4, 0.5) is 0 Å². The van der Waals surface area contributed by atoms with Crippen molar-refractivity contribution in [3.63, 3.8) is 0 Å². The lowest BCUT2D eigenvalue weighted by molar-refractivity contribution is -0.116. The van der Waals surface area contributed by atoms with Gasteiger partial charge in [0.05, 0.1) is 16.5 Å². The number of thiophene rings is 1. The highest BCUT2D eigenvalue weighted by atomic mass is 32.1. The number of carbonyl (C=O) groups is 2. The fourth-order valence-corrected chi connectivity index (χ4v) is 4.02. The van der Waals surface area contributed by atoms with Crippen molar-refractivity contribution in [3.05, 3.63) is 93.2 Å². The van der Waals surface area contributed by atoms with Crippen LogP contribution < -0.4 is 16.4 Å². The average molecular weight is 473 g/mol. The smallest absolute Gasteiger partial charge is 0.408 e. The largest absolute Gasteiger partial charge is 0.419 e. The minimum absolute atomic E-state index is 0.301. The molecule has 4 aromatic rings. The molecule has 2 heterocycles. The van der Waals surface area contributed by atoms with Gasteiger partial charge in [-0.1, -0.05) is 36.4 Å². The van der Waals surface area contributed by atoms with Gasteiger partial charge in [0.2, 0.25) is 5.91 Å². The van der Waals surface area contributed by atoms with Crippen molar-refractivity contribution in [2.24, 2.45) is 7.05 Å². The Hall–Kier alpha value is -4.42. The van der Waals surface area contributed by atoms with Crippen molar-refractivity contribution in [1.82, 2.24) is 15.2 Å². The second kappa shape index (κ2) is 10.0. The topological polar surface area (TPSA) is 117 Å². The van der Waals surface area contributed by atoms with Gasteiger partial charge in [-0.3, -0.25) is 14.2 Å². The lowest BCUT2D eigenvalue weighted by atomic mass is 10.0. The van der Waals surface area contributed by atoms with E-state index in [2.05, 4.69) is 16.7 Å². The summed E-state index contributed by atoms with van der Waals surface area (Å²) in [5, 5.41) is 16.4. The Morgan fingerprint density at radius 3 is 2.65 bits per heavy atom. The first-order valence-corrected chi connectivity index (χ1v) is 11.2. The zero-order valence-electron chi connectivity index (χ0n) is 18.1. The lowest BCUT2D eigenvalue weighted by Gasteiger charge is -2.11. The number of hydrogen-bond donors (Lipinski definition) is 2. The summed E-state index contributed by atoms with van der Waals surface area (Å²) in [6.07, 6.45) is 2.76. The first kappa shape index (κ1) is 22.8. The van der Waals surface area contributed by atoms with Gasteiger partial charge in [-0.2, -0.15) is 5.26 Å². The highest BCUT2D eigenvalue weighted by molar-refractivity contribution is 7.12. The molecule has 0 unspecified atom stereocenters. The molecule has 0 fully saturated rings. The first-order chi connectivity index (χ1) is 16.4. The molecular weight excluding hydrogens is 452 g/mol. The molecule has 1 atom stereocenters. The van der Waals surface area contributed by atoms with Crippen molar-refractivity contribution < 1.29 is 14.0 Å². The van der Waals surface area contributed by atoms with E-state index < -0.39 is 17.7 Å². The van der Waals surface area contributed by atoms with Crippen molar-refractivity contribution in [2.45, 2.75) is 12.5 Å². The minimum Gasteiger partial charge on any atom is -0.408 e. The Kier molecular flexibility index (Phi) is 6.71. The maximum Gasteiger partial charge on any atom is 0.419 e. The van der Waals surface area contributed by atoms with E-state index in [0.29, 0.717) is 22.4 Å². The van der Waals surface area contributed by atoms with Crippen LogP contribution in [0.1, 0.15) is 15.2 Å². The SMILES string of the molecule is Cn1c(=O)oc2ccc(-c3ccc(C[C@@H](C#N)NC(=O)C=CNC(=O)c4cccs4)cc3)cc21. The second-order valence-corrected chi connectivity index (χ2v) is 8.43. The van der Waals surface area contributed by atoms with E-state index in [9.17, 15) is 19.6 Å². The van der Waals surface area contributed by atoms with E-state index >= 15 is 0 Å². The molecule has 0 radical (unpaired) electrons. The minimum atomic E-state index is -0.729. The molecule has 2 amide bonds. The van der Waals surface area contributed by atoms with Crippen LogP contribution in [0.15, 0.2) is 81.5 Å². The molecule has 2 aromatic carbocycles. The molecule has 0 aliphatic carbocycles. The highest BCUT2D eigenvalue weighted by Gasteiger charge is 2.12. The molecule has 9 heteroatoms. The average Bonchev–Trinajstić information content (AvgIpc) is 3.48. The first-order valence-electron chi connectivity index (χ1n) is 10.3. The Balaban J connectivity index is 1.36. The molecule has 0 saturated heterocycles. The van der Waals surface area contributed by atoms with Crippen molar-refractivity contribution in [1.29, 1.82) is 5.26 Å². The summed E-state index contributed by atoms with van der Waals surface area (Å²) < 4.78 is 6.62. The summed E-state index contributed by atoms with van der Waals surface area (Å²) in [5.41, 5.74) is 3.98. The summed E-state index contributed by atoms with van der Waals surface area (Å²) >= 11 is 1.30. The molecular formula is C25H20N4O4S. The number of hydrogen-bond acceptors (Lipinski definition) is 6. The van der Waals surface area contributed by atoms with Crippen molar-refractivity contribution in [3.8, 4) is 17.2 Å². The van der Waals surface area contributed by atoms with Gasteiger partial charge in [0, 0.05) is 25.7 Å². The summed E-state index contributed by atoms with van der Waals surface area (Å²) in [5.74, 6) is -1.19. The van der Waals surface area contributed by atoms with E-state index in [1.54, 1.807) is 30.6 Å². The number of nitrogens with one attached hydrogen (secondary N) is 2. The Morgan fingerprint density at radius 1 is 1.18 bits per heavy atom. The van der Waals surface area contributed by atoms with E-state index in [1.165, 1.54) is 28.2 Å². The summed E-state index contributed by atoms with van der Waals surface area (Å²) in [6.45, 7) is 0. The van der Waals surface area contributed by atoms with Crippen LogP contribution in [0.2, 0.25) is 0 Å². The van der Waals surface area contributed by atoms with Crippen LogP contribution in [0.3, 0.4) is 0 Å². The normalized spacial score (nSPS) is 11.9. The van der Waals surface area contributed by atoms with Crippen LogP contribution in [-0.2, 0) is 18.3 Å². The maximum atomic E-state index is 12.1. The van der Waals surface area contributed by atoms with Gasteiger partial charge < -0.3 is 15.1 Å². The molecule has 2 N–H and O–H groups in total. The third-order valence-corrected chi connectivity index (χ3v) is 6.05. The maximum absolute atomic E-state index is 12.1. The molecule has 8 nitrogen and oxygen atoms in total. The molecule has 0 aliphatic rings. The number of aromatic nitrogens is 1. The molecule has 170 valence electrons. The number of benzene rings is 2. The van der Waals surface area contributed by atoms with E-state index in [4.69, 9.17) is 4.42 Å². The van der Waals surface area contributed by atoms with Crippen LogP contribution >= 0.6 is 11.3 Å². The van der Waals surface area contributed by atoms with Crippen LogP contribution in [0.25, 0.3) is 22.2 Å². The van der Waals surface area contributed by atoms with E-state index in [-0.39, 0.29) is 5.91 Å². The monoisotopic (exact) mass is 472 g/mol. The number of fused-ring (bicyclic) bond motifs is 1. The summed E-state index contributed by atoms with van der Waals surface area (Å²) in [4.78, 5) is 36.2. The predicted molar refractivity (Wildman–Crippen MR) is 129 cm³/mol. The molecule has 4 rings (SSSR count). The molecule has 0 aliphatic heterocycles. The summed E-state index contributed by atoms with van der Waals surface area (Å²) in [6, 6.07) is 18.0. The quantitative estimate of drug-likeness (QED) is 0.400. The second-order valence-electron chi connectivity index (χ2n) is 7.48. The van der Waals surface area contributed by atoms with E-state index in [1.807, 2.05) is 36.4 Å². The zero-order valence-corrected chi connectivity index (χ0v) is 19.0. The Bertz CT molecular complexity index is 1460. The third kappa shape index (κ3) is 5.14. The Labute approximate surface area is 198 Å². The number of amides is 2. The molecule has 34 heavy (non-hydrogen) atoms. The number of oxazole rings is 1. The fourth-order valence-electron chi connectivity index (χ4n) is 3.40. The Morgan fingerprint density at radius 2 is 1.94 bits per heavy atom. The van der Waals surface area contributed by atoms with Gasteiger partial charge in [-0.25, -0.2) is 4.79 Å². The molecule has 0 saturated carbocycles.